The van der Waals surface area contributed by atoms with Gasteiger partial charge in [0.15, 0.2) is 5.03 Å². The SMILES string of the molecule is O=C(c1cccc(-n2cccn2)c1)N1CCCN(S(=O)(=O)c2cnc[nH]2)CC1. The number of hydrogen-bond acceptors (Lipinski definition) is 5. The van der Waals surface area contributed by atoms with Crippen LogP contribution in [0.25, 0.3) is 5.69 Å². The van der Waals surface area contributed by atoms with Gasteiger partial charge in [-0.2, -0.15) is 9.40 Å². The monoisotopic (exact) mass is 400 g/mol. The molecular weight excluding hydrogens is 380 g/mol. The molecule has 0 spiro atoms. The summed E-state index contributed by atoms with van der Waals surface area (Å²) in [5, 5.41) is 4.25. The summed E-state index contributed by atoms with van der Waals surface area (Å²) in [6, 6.07) is 9.07. The van der Waals surface area contributed by atoms with Crippen molar-refractivity contribution in [2.75, 3.05) is 26.2 Å². The van der Waals surface area contributed by atoms with E-state index in [4.69, 9.17) is 0 Å². The fourth-order valence-electron chi connectivity index (χ4n) is 3.25. The third-order valence-electron chi connectivity index (χ3n) is 4.70. The summed E-state index contributed by atoms with van der Waals surface area (Å²) in [7, 11) is -3.63. The molecule has 4 rings (SSSR count). The summed E-state index contributed by atoms with van der Waals surface area (Å²) >= 11 is 0. The maximum absolute atomic E-state index is 13.0. The molecule has 1 aliphatic rings. The summed E-state index contributed by atoms with van der Waals surface area (Å²) in [5.41, 5.74) is 1.35. The van der Waals surface area contributed by atoms with Crippen LogP contribution in [-0.2, 0) is 10.0 Å². The molecule has 28 heavy (non-hydrogen) atoms. The lowest BCUT2D eigenvalue weighted by Crippen LogP contribution is -2.37. The van der Waals surface area contributed by atoms with Crippen LogP contribution < -0.4 is 0 Å². The highest BCUT2D eigenvalue weighted by atomic mass is 32.2. The van der Waals surface area contributed by atoms with Gasteiger partial charge in [0.2, 0.25) is 0 Å². The van der Waals surface area contributed by atoms with Crippen LogP contribution >= 0.6 is 0 Å². The van der Waals surface area contributed by atoms with Crippen LogP contribution in [0.3, 0.4) is 0 Å². The standard InChI is InChI=1S/C18H20N6O3S/c25-18(15-4-1-5-16(12-15)24-9-2-6-21-24)22-7-3-8-23(11-10-22)28(26,27)17-13-19-14-20-17/h1-2,4-6,9,12-14H,3,7-8,10-11H2,(H,19,20). The number of aromatic nitrogens is 4. The highest BCUT2D eigenvalue weighted by Crippen LogP contribution is 2.17. The van der Waals surface area contributed by atoms with Gasteiger partial charge in [-0.3, -0.25) is 4.79 Å². The van der Waals surface area contributed by atoms with Gasteiger partial charge in [-0.05, 0) is 30.7 Å². The molecule has 1 aromatic carbocycles. The molecule has 1 fully saturated rings. The summed E-state index contributed by atoms with van der Waals surface area (Å²) < 4.78 is 28.4. The van der Waals surface area contributed by atoms with E-state index in [-0.39, 0.29) is 17.5 Å². The van der Waals surface area contributed by atoms with Crippen molar-refractivity contribution in [2.45, 2.75) is 11.4 Å². The summed E-state index contributed by atoms with van der Waals surface area (Å²) in [6.07, 6.45) is 6.70. The van der Waals surface area contributed by atoms with Gasteiger partial charge in [0.25, 0.3) is 15.9 Å². The third-order valence-corrected chi connectivity index (χ3v) is 6.52. The Morgan fingerprint density at radius 2 is 2.00 bits per heavy atom. The number of carbonyl (C=O) groups excluding carboxylic acids is 1. The number of nitrogens with zero attached hydrogens (tertiary/aromatic N) is 5. The smallest absolute Gasteiger partial charge is 0.260 e. The van der Waals surface area contributed by atoms with Crippen molar-refractivity contribution in [3.8, 4) is 5.69 Å². The van der Waals surface area contributed by atoms with E-state index in [1.54, 1.807) is 27.9 Å². The van der Waals surface area contributed by atoms with Gasteiger partial charge in [0.1, 0.15) is 0 Å². The van der Waals surface area contributed by atoms with E-state index in [1.807, 2.05) is 24.4 Å². The number of hydrogen-bond donors (Lipinski definition) is 1. The first-order chi connectivity index (χ1) is 13.6. The Morgan fingerprint density at radius 3 is 2.75 bits per heavy atom. The molecule has 1 N–H and O–H groups in total. The van der Waals surface area contributed by atoms with E-state index >= 15 is 0 Å². The van der Waals surface area contributed by atoms with Crippen LogP contribution in [0.2, 0.25) is 0 Å². The fraction of sp³-hybridized carbons (Fsp3) is 0.278. The fourth-order valence-corrected chi connectivity index (χ4v) is 4.61. The second kappa shape index (κ2) is 7.56. The number of aromatic amines is 1. The van der Waals surface area contributed by atoms with Crippen molar-refractivity contribution < 1.29 is 13.2 Å². The Labute approximate surface area is 162 Å². The molecule has 0 bridgehead atoms. The zero-order chi connectivity index (χ0) is 19.6. The maximum atomic E-state index is 13.0. The third kappa shape index (κ3) is 3.56. The van der Waals surface area contributed by atoms with E-state index in [0.29, 0.717) is 31.6 Å². The summed E-state index contributed by atoms with van der Waals surface area (Å²) in [6.45, 7) is 1.43. The zero-order valence-corrected chi connectivity index (χ0v) is 15.9. The van der Waals surface area contributed by atoms with Crippen molar-refractivity contribution in [2.24, 2.45) is 0 Å². The molecule has 0 saturated carbocycles. The highest BCUT2D eigenvalue weighted by Gasteiger charge is 2.29. The molecule has 0 unspecified atom stereocenters. The number of sulfonamides is 1. The Hall–Kier alpha value is -2.98. The van der Waals surface area contributed by atoms with Crippen LogP contribution in [0.4, 0.5) is 0 Å². The van der Waals surface area contributed by atoms with Crippen molar-refractivity contribution in [3.05, 3.63) is 60.8 Å². The zero-order valence-electron chi connectivity index (χ0n) is 15.1. The van der Waals surface area contributed by atoms with E-state index in [9.17, 15) is 13.2 Å². The van der Waals surface area contributed by atoms with Crippen LogP contribution in [0.5, 0.6) is 0 Å². The minimum absolute atomic E-state index is 0.0687. The van der Waals surface area contributed by atoms with Gasteiger partial charge in [0, 0.05) is 44.1 Å². The molecule has 10 heteroatoms. The van der Waals surface area contributed by atoms with Gasteiger partial charge >= 0.3 is 0 Å². The minimum Gasteiger partial charge on any atom is -0.337 e. The first-order valence-corrected chi connectivity index (χ1v) is 10.4. The number of nitrogens with one attached hydrogen (secondary N) is 1. The molecule has 9 nitrogen and oxygen atoms in total. The number of rotatable bonds is 4. The topological polar surface area (TPSA) is 104 Å². The lowest BCUT2D eigenvalue weighted by Gasteiger charge is -2.21. The van der Waals surface area contributed by atoms with E-state index in [2.05, 4.69) is 15.1 Å². The van der Waals surface area contributed by atoms with Crippen molar-refractivity contribution >= 4 is 15.9 Å². The molecule has 3 aromatic rings. The molecular formula is C18H20N6O3S. The summed E-state index contributed by atoms with van der Waals surface area (Å²) in [5.74, 6) is -0.116. The molecule has 0 atom stereocenters. The van der Waals surface area contributed by atoms with E-state index in [1.165, 1.54) is 16.8 Å². The largest absolute Gasteiger partial charge is 0.337 e. The van der Waals surface area contributed by atoms with Crippen LogP contribution in [-0.4, -0.2) is 69.5 Å². The van der Waals surface area contributed by atoms with E-state index < -0.39 is 10.0 Å². The number of benzene rings is 1. The molecule has 1 aliphatic heterocycles. The number of H-pyrrole nitrogens is 1. The molecule has 1 amide bonds. The Morgan fingerprint density at radius 1 is 1.11 bits per heavy atom. The molecule has 2 aromatic heterocycles. The molecule has 1 saturated heterocycles. The number of carbonyl (C=O) groups is 1. The summed E-state index contributed by atoms with van der Waals surface area (Å²) in [4.78, 5) is 21.1. The Bertz CT molecular complexity index is 1050. The van der Waals surface area contributed by atoms with E-state index in [0.717, 1.165) is 5.69 Å². The van der Waals surface area contributed by atoms with Gasteiger partial charge in [-0.1, -0.05) is 6.07 Å². The van der Waals surface area contributed by atoms with Crippen molar-refractivity contribution in [3.63, 3.8) is 0 Å². The first-order valence-electron chi connectivity index (χ1n) is 8.93. The quantitative estimate of drug-likeness (QED) is 0.707. The minimum atomic E-state index is -3.63. The Balaban J connectivity index is 1.49. The second-order valence-corrected chi connectivity index (χ2v) is 8.37. The molecule has 0 aliphatic carbocycles. The van der Waals surface area contributed by atoms with Gasteiger partial charge in [-0.25, -0.2) is 18.1 Å². The first kappa shape index (κ1) is 18.4. The predicted octanol–water partition coefficient (Wildman–Crippen LogP) is 1.13. The normalized spacial score (nSPS) is 16.1. The van der Waals surface area contributed by atoms with Crippen molar-refractivity contribution in [1.29, 1.82) is 0 Å². The molecule has 146 valence electrons. The van der Waals surface area contributed by atoms with Crippen LogP contribution in [0.1, 0.15) is 16.8 Å². The number of amides is 1. The second-order valence-electron chi connectivity index (χ2n) is 6.47. The predicted molar refractivity (Wildman–Crippen MR) is 101 cm³/mol. The maximum Gasteiger partial charge on any atom is 0.260 e. The van der Waals surface area contributed by atoms with Gasteiger partial charge in [0.05, 0.1) is 18.2 Å². The lowest BCUT2D eigenvalue weighted by molar-refractivity contribution is 0.0764. The van der Waals surface area contributed by atoms with Gasteiger partial charge in [-0.15, -0.1) is 0 Å². The molecule has 3 heterocycles. The number of imidazole rings is 1. The Kier molecular flexibility index (Phi) is 4.97. The van der Waals surface area contributed by atoms with Crippen LogP contribution in [0.15, 0.2) is 60.3 Å². The average Bonchev–Trinajstić information content (AvgIpc) is 3.38. The van der Waals surface area contributed by atoms with Crippen LogP contribution in [0, 0.1) is 0 Å². The van der Waals surface area contributed by atoms with Gasteiger partial charge < -0.3 is 9.88 Å². The highest BCUT2D eigenvalue weighted by molar-refractivity contribution is 7.89. The average molecular weight is 400 g/mol. The van der Waals surface area contributed by atoms with Crippen molar-refractivity contribution in [1.82, 2.24) is 29.0 Å². The lowest BCUT2D eigenvalue weighted by atomic mass is 10.1. The molecule has 0 radical (unpaired) electrons.